The molecule has 0 spiro atoms. The van der Waals surface area contributed by atoms with Gasteiger partial charge in [0.15, 0.2) is 0 Å². The monoisotopic (exact) mass is 270 g/mol. The smallest absolute Gasteiger partial charge is 0.123 e. The van der Waals surface area contributed by atoms with Crippen molar-refractivity contribution in [3.63, 3.8) is 0 Å². The Balaban J connectivity index is 2.37. The Bertz CT molecular complexity index is 383. The summed E-state index contributed by atoms with van der Waals surface area (Å²) in [7, 11) is 0. The molecule has 0 saturated carbocycles. The van der Waals surface area contributed by atoms with Crippen LogP contribution in [-0.4, -0.2) is 11.2 Å². The molecule has 1 nitrogen and oxygen atoms in total. The first kappa shape index (κ1) is 10.8. The second-order valence-electron chi connectivity index (χ2n) is 3.74. The molecule has 0 unspecified atom stereocenters. The molecule has 0 saturated heterocycles. The molecular weight excluding hydrogens is 259 g/mol. The van der Waals surface area contributed by atoms with Crippen LogP contribution >= 0.6 is 15.9 Å². The third-order valence-corrected chi connectivity index (χ3v) is 3.68. The van der Waals surface area contributed by atoms with Crippen LogP contribution in [0.1, 0.15) is 24.8 Å². The van der Waals surface area contributed by atoms with Crippen molar-refractivity contribution in [3.8, 4) is 0 Å². The van der Waals surface area contributed by atoms with Crippen molar-refractivity contribution in [1.29, 1.82) is 0 Å². The van der Waals surface area contributed by atoms with Gasteiger partial charge in [-0.15, -0.1) is 0 Å². The summed E-state index contributed by atoms with van der Waals surface area (Å²) in [6.45, 7) is 0. The molecule has 0 radical (unpaired) electrons. The molecule has 1 aromatic rings. The van der Waals surface area contributed by atoms with Gasteiger partial charge in [-0.05, 0) is 42.5 Å². The van der Waals surface area contributed by atoms with Crippen molar-refractivity contribution in [2.75, 3.05) is 0 Å². The Labute approximate surface area is 96.8 Å². The van der Waals surface area contributed by atoms with Crippen molar-refractivity contribution in [1.82, 2.24) is 0 Å². The van der Waals surface area contributed by atoms with E-state index in [9.17, 15) is 9.50 Å². The number of hydrogen-bond acceptors (Lipinski definition) is 1. The van der Waals surface area contributed by atoms with Crippen LogP contribution in [0.15, 0.2) is 28.7 Å². The highest BCUT2D eigenvalue weighted by Gasteiger charge is 2.19. The first-order valence-corrected chi connectivity index (χ1v) is 5.80. The number of allylic oxidation sites excluding steroid dienone is 1. The summed E-state index contributed by atoms with van der Waals surface area (Å²) in [4.78, 5) is 0. The summed E-state index contributed by atoms with van der Waals surface area (Å²) < 4.78 is 13.6. The molecule has 0 heterocycles. The van der Waals surface area contributed by atoms with Gasteiger partial charge in [-0.1, -0.05) is 28.1 Å². The molecule has 0 bridgehead atoms. The minimum Gasteiger partial charge on any atom is -0.388 e. The van der Waals surface area contributed by atoms with E-state index in [2.05, 4.69) is 15.9 Å². The average Bonchev–Trinajstić information content (AvgIpc) is 2.24. The van der Waals surface area contributed by atoms with Crippen LogP contribution in [0.4, 0.5) is 4.39 Å². The lowest BCUT2D eigenvalue weighted by Crippen LogP contribution is -2.12. The average molecular weight is 271 g/mol. The van der Waals surface area contributed by atoms with E-state index in [0.29, 0.717) is 0 Å². The number of halogens is 2. The van der Waals surface area contributed by atoms with Crippen LogP contribution in [0.25, 0.3) is 5.57 Å². The first-order valence-electron chi connectivity index (χ1n) is 5.01. The summed E-state index contributed by atoms with van der Waals surface area (Å²) in [5, 5.41) is 9.69. The lowest BCUT2D eigenvalue weighted by Gasteiger charge is -2.21. The molecule has 1 aliphatic carbocycles. The van der Waals surface area contributed by atoms with E-state index in [1.165, 1.54) is 12.1 Å². The summed E-state index contributed by atoms with van der Waals surface area (Å²) in [5.41, 5.74) is 2.08. The Morgan fingerprint density at radius 1 is 1.27 bits per heavy atom. The first-order chi connectivity index (χ1) is 7.18. The van der Waals surface area contributed by atoms with Crippen LogP contribution in [0, 0.1) is 5.82 Å². The van der Waals surface area contributed by atoms with Crippen LogP contribution < -0.4 is 0 Å². The molecule has 2 rings (SSSR count). The molecule has 1 aromatic carbocycles. The standard InChI is InChI=1S/C12H12BrFO/c13-12-10(2-1-3-11(12)15)8-4-6-9(14)7-5-8/h4-7,11,15H,1-3H2/t11-/m1/s1. The fraction of sp³-hybridized carbons (Fsp3) is 0.333. The normalized spacial score (nSPS) is 21.9. The fourth-order valence-electron chi connectivity index (χ4n) is 1.85. The summed E-state index contributed by atoms with van der Waals surface area (Å²) in [6, 6.07) is 6.40. The van der Waals surface area contributed by atoms with Gasteiger partial charge in [0.25, 0.3) is 0 Å². The van der Waals surface area contributed by atoms with E-state index in [1.54, 1.807) is 12.1 Å². The molecule has 80 valence electrons. The predicted octanol–water partition coefficient (Wildman–Crippen LogP) is 3.48. The van der Waals surface area contributed by atoms with Gasteiger partial charge < -0.3 is 5.11 Å². The lowest BCUT2D eigenvalue weighted by atomic mass is 9.92. The molecule has 0 fully saturated rings. The number of aliphatic hydroxyl groups excluding tert-OH is 1. The highest BCUT2D eigenvalue weighted by Crippen LogP contribution is 2.35. The van der Waals surface area contributed by atoms with Gasteiger partial charge in [0, 0.05) is 4.48 Å². The van der Waals surface area contributed by atoms with Crippen molar-refractivity contribution >= 4 is 21.5 Å². The summed E-state index contributed by atoms with van der Waals surface area (Å²) >= 11 is 3.41. The van der Waals surface area contributed by atoms with Gasteiger partial charge in [-0.2, -0.15) is 0 Å². The highest BCUT2D eigenvalue weighted by atomic mass is 79.9. The zero-order valence-corrected chi connectivity index (χ0v) is 9.80. The Hall–Kier alpha value is -0.670. The van der Waals surface area contributed by atoms with Gasteiger partial charge in [-0.25, -0.2) is 4.39 Å². The molecular formula is C12H12BrFO. The summed E-state index contributed by atoms with van der Waals surface area (Å²) in [5.74, 6) is -0.230. The number of rotatable bonds is 1. The van der Waals surface area contributed by atoms with Gasteiger partial charge in [0.05, 0.1) is 6.10 Å². The maximum Gasteiger partial charge on any atom is 0.123 e. The molecule has 0 amide bonds. The molecule has 15 heavy (non-hydrogen) atoms. The maximum atomic E-state index is 12.8. The van der Waals surface area contributed by atoms with E-state index in [4.69, 9.17) is 0 Å². The van der Waals surface area contributed by atoms with Gasteiger partial charge in [0.2, 0.25) is 0 Å². The topological polar surface area (TPSA) is 20.2 Å². The quantitative estimate of drug-likeness (QED) is 0.829. The Morgan fingerprint density at radius 3 is 2.60 bits per heavy atom. The molecule has 1 aliphatic rings. The molecule has 1 atom stereocenters. The number of benzene rings is 1. The zero-order valence-electron chi connectivity index (χ0n) is 8.21. The molecule has 3 heteroatoms. The zero-order chi connectivity index (χ0) is 10.8. The van der Waals surface area contributed by atoms with Crippen molar-refractivity contribution in [3.05, 3.63) is 40.1 Å². The lowest BCUT2D eigenvalue weighted by molar-refractivity contribution is 0.203. The van der Waals surface area contributed by atoms with Gasteiger partial charge in [-0.3, -0.25) is 0 Å². The Morgan fingerprint density at radius 2 is 1.93 bits per heavy atom. The number of aliphatic hydroxyl groups is 1. The van der Waals surface area contributed by atoms with E-state index < -0.39 is 6.10 Å². The summed E-state index contributed by atoms with van der Waals surface area (Å²) in [6.07, 6.45) is 2.30. The third-order valence-electron chi connectivity index (χ3n) is 2.68. The fourth-order valence-corrected chi connectivity index (χ4v) is 2.51. The van der Waals surface area contributed by atoms with Crippen LogP contribution in [-0.2, 0) is 0 Å². The predicted molar refractivity (Wildman–Crippen MR) is 62.1 cm³/mol. The van der Waals surface area contributed by atoms with E-state index in [0.717, 1.165) is 34.9 Å². The second kappa shape index (κ2) is 4.45. The Kier molecular flexibility index (Phi) is 3.22. The highest BCUT2D eigenvalue weighted by molar-refractivity contribution is 9.11. The van der Waals surface area contributed by atoms with Crippen LogP contribution in [0.2, 0.25) is 0 Å². The molecule has 0 aromatic heterocycles. The van der Waals surface area contributed by atoms with E-state index in [1.807, 2.05) is 0 Å². The second-order valence-corrected chi connectivity index (χ2v) is 4.60. The molecule has 0 aliphatic heterocycles. The van der Waals surface area contributed by atoms with Crippen molar-refractivity contribution < 1.29 is 9.50 Å². The van der Waals surface area contributed by atoms with Gasteiger partial charge in [0.1, 0.15) is 5.82 Å². The van der Waals surface area contributed by atoms with Crippen LogP contribution in [0.5, 0.6) is 0 Å². The largest absolute Gasteiger partial charge is 0.388 e. The molecule has 1 N–H and O–H groups in total. The van der Waals surface area contributed by atoms with Crippen molar-refractivity contribution in [2.24, 2.45) is 0 Å². The minimum atomic E-state index is -0.404. The van der Waals surface area contributed by atoms with Gasteiger partial charge >= 0.3 is 0 Å². The maximum absolute atomic E-state index is 12.8. The van der Waals surface area contributed by atoms with E-state index in [-0.39, 0.29) is 5.82 Å². The van der Waals surface area contributed by atoms with E-state index >= 15 is 0 Å². The van der Waals surface area contributed by atoms with Crippen LogP contribution in [0.3, 0.4) is 0 Å². The van der Waals surface area contributed by atoms with Crippen molar-refractivity contribution in [2.45, 2.75) is 25.4 Å². The minimum absolute atomic E-state index is 0.230. The third kappa shape index (κ3) is 2.29. The number of hydrogen-bond donors (Lipinski definition) is 1. The SMILES string of the molecule is O[C@@H]1CCCC(c2ccc(F)cc2)=C1Br.